The molecule has 82 valence electrons. The summed E-state index contributed by atoms with van der Waals surface area (Å²) in [6.45, 7) is 0. The molecule has 0 spiro atoms. The summed E-state index contributed by atoms with van der Waals surface area (Å²) in [5.41, 5.74) is 1.43. The fourth-order valence-electron chi connectivity index (χ4n) is 1.17. The molecule has 0 saturated heterocycles. The van der Waals surface area contributed by atoms with E-state index < -0.39 is 0 Å². The predicted molar refractivity (Wildman–Crippen MR) is 76.4 cm³/mol. The van der Waals surface area contributed by atoms with Crippen LogP contribution in [-0.2, 0) is 0 Å². The fourth-order valence-corrected chi connectivity index (χ4v) is 2.62. The molecule has 0 atom stereocenters. The molecule has 0 unspecified atom stereocenters. The quantitative estimate of drug-likeness (QED) is 0.794. The van der Waals surface area contributed by atoms with Crippen molar-refractivity contribution in [2.75, 3.05) is 5.32 Å². The Morgan fingerprint density at radius 3 is 2.56 bits per heavy atom. The Balaban J connectivity index is 2.10. The molecule has 0 aliphatic carbocycles. The lowest BCUT2D eigenvalue weighted by Gasteiger charge is -2.03. The van der Waals surface area contributed by atoms with Crippen molar-refractivity contribution >= 4 is 57.1 Å². The number of rotatable bonds is 2. The number of halogens is 2. The van der Waals surface area contributed by atoms with Gasteiger partial charge in [0, 0.05) is 16.1 Å². The predicted octanol–water partition coefficient (Wildman–Crippen LogP) is 4.26. The van der Waals surface area contributed by atoms with E-state index in [4.69, 9.17) is 11.6 Å². The molecule has 1 aromatic heterocycles. The van der Waals surface area contributed by atoms with Gasteiger partial charge in [-0.1, -0.05) is 11.6 Å². The standard InChI is InChI=1S/C11H7ClINOS/c12-8-1-3-9(4-2-8)14-11(15)7-5-10(13)16-6-7/h1-6H,(H,14,15). The van der Waals surface area contributed by atoms with Crippen molar-refractivity contribution in [2.45, 2.75) is 0 Å². The van der Waals surface area contributed by atoms with Gasteiger partial charge in [0.2, 0.25) is 0 Å². The van der Waals surface area contributed by atoms with E-state index >= 15 is 0 Å². The van der Waals surface area contributed by atoms with Crippen LogP contribution in [0, 0.1) is 2.88 Å². The number of carbonyl (C=O) groups is 1. The Bertz CT molecular complexity index is 509. The Morgan fingerprint density at radius 1 is 1.31 bits per heavy atom. The summed E-state index contributed by atoms with van der Waals surface area (Å²) in [4.78, 5) is 11.8. The van der Waals surface area contributed by atoms with E-state index in [1.807, 2.05) is 11.4 Å². The summed E-state index contributed by atoms with van der Waals surface area (Å²) in [6.07, 6.45) is 0. The summed E-state index contributed by atoms with van der Waals surface area (Å²) < 4.78 is 1.10. The maximum absolute atomic E-state index is 11.8. The van der Waals surface area contributed by atoms with E-state index in [0.29, 0.717) is 10.6 Å². The summed E-state index contributed by atoms with van der Waals surface area (Å²) in [7, 11) is 0. The highest BCUT2D eigenvalue weighted by molar-refractivity contribution is 14.1. The van der Waals surface area contributed by atoms with Crippen LogP contribution in [0.15, 0.2) is 35.7 Å². The fraction of sp³-hybridized carbons (Fsp3) is 0. The second kappa shape index (κ2) is 5.16. The van der Waals surface area contributed by atoms with Crippen LogP contribution in [0.2, 0.25) is 5.02 Å². The van der Waals surface area contributed by atoms with Gasteiger partial charge in [0.05, 0.1) is 8.45 Å². The molecule has 16 heavy (non-hydrogen) atoms. The van der Waals surface area contributed by atoms with E-state index in [2.05, 4.69) is 27.9 Å². The minimum Gasteiger partial charge on any atom is -0.322 e. The first-order chi connectivity index (χ1) is 7.65. The van der Waals surface area contributed by atoms with Gasteiger partial charge >= 0.3 is 0 Å². The molecule has 1 aromatic carbocycles. The molecule has 0 fully saturated rings. The van der Waals surface area contributed by atoms with Crippen LogP contribution >= 0.6 is 45.5 Å². The van der Waals surface area contributed by atoms with Gasteiger partial charge in [-0.2, -0.15) is 0 Å². The van der Waals surface area contributed by atoms with Gasteiger partial charge in [-0.05, 0) is 52.9 Å². The normalized spacial score (nSPS) is 10.1. The van der Waals surface area contributed by atoms with Crippen LogP contribution in [0.3, 0.4) is 0 Å². The van der Waals surface area contributed by atoms with Crippen LogP contribution in [0.25, 0.3) is 0 Å². The Morgan fingerprint density at radius 2 is 2.00 bits per heavy atom. The van der Waals surface area contributed by atoms with E-state index in [9.17, 15) is 4.79 Å². The maximum atomic E-state index is 11.8. The minimum absolute atomic E-state index is 0.0958. The highest BCUT2D eigenvalue weighted by atomic mass is 127. The zero-order chi connectivity index (χ0) is 11.5. The van der Waals surface area contributed by atoms with Crippen molar-refractivity contribution in [3.63, 3.8) is 0 Å². The summed E-state index contributed by atoms with van der Waals surface area (Å²) in [5.74, 6) is -0.0958. The molecule has 2 aromatic rings. The zero-order valence-corrected chi connectivity index (χ0v) is 11.8. The Hall–Kier alpha value is -0.590. The number of hydrogen-bond acceptors (Lipinski definition) is 2. The van der Waals surface area contributed by atoms with Crippen molar-refractivity contribution in [1.29, 1.82) is 0 Å². The van der Waals surface area contributed by atoms with E-state index in [1.54, 1.807) is 35.6 Å². The van der Waals surface area contributed by atoms with E-state index in [-0.39, 0.29) is 5.91 Å². The number of nitrogens with one attached hydrogen (secondary N) is 1. The first-order valence-electron chi connectivity index (χ1n) is 4.46. The average Bonchev–Trinajstić information content (AvgIpc) is 2.68. The average molecular weight is 364 g/mol. The minimum atomic E-state index is -0.0958. The van der Waals surface area contributed by atoms with Crippen molar-refractivity contribution in [3.8, 4) is 0 Å². The molecule has 2 rings (SSSR count). The molecule has 0 radical (unpaired) electrons. The first-order valence-corrected chi connectivity index (χ1v) is 6.80. The van der Waals surface area contributed by atoms with Crippen LogP contribution < -0.4 is 5.32 Å². The number of benzene rings is 1. The van der Waals surface area contributed by atoms with Crippen molar-refractivity contribution in [1.82, 2.24) is 0 Å². The molecular formula is C11H7ClINOS. The number of hydrogen-bond donors (Lipinski definition) is 1. The molecule has 2 nitrogen and oxygen atoms in total. The first kappa shape index (κ1) is 11.9. The Kier molecular flexibility index (Phi) is 3.83. The molecule has 1 N–H and O–H groups in total. The molecular weight excluding hydrogens is 357 g/mol. The lowest BCUT2D eigenvalue weighted by Crippen LogP contribution is -2.10. The topological polar surface area (TPSA) is 29.1 Å². The molecule has 1 amide bonds. The smallest absolute Gasteiger partial charge is 0.256 e. The summed E-state index contributed by atoms with van der Waals surface area (Å²) >= 11 is 9.50. The second-order valence-corrected chi connectivity index (χ2v) is 6.34. The van der Waals surface area contributed by atoms with E-state index in [0.717, 1.165) is 8.57 Å². The summed E-state index contributed by atoms with van der Waals surface area (Å²) in [5, 5.41) is 5.30. The number of carbonyl (C=O) groups excluding carboxylic acids is 1. The molecule has 0 saturated carbocycles. The third-order valence-electron chi connectivity index (χ3n) is 1.93. The molecule has 5 heteroatoms. The summed E-state index contributed by atoms with van der Waals surface area (Å²) in [6, 6.07) is 8.90. The van der Waals surface area contributed by atoms with Gasteiger partial charge in [0.15, 0.2) is 0 Å². The molecule has 0 aliphatic rings. The number of thiophene rings is 1. The zero-order valence-electron chi connectivity index (χ0n) is 8.04. The Labute approximate surface area is 116 Å². The van der Waals surface area contributed by atoms with E-state index in [1.165, 1.54) is 0 Å². The molecule has 0 aliphatic heterocycles. The van der Waals surface area contributed by atoms with Gasteiger partial charge in [-0.3, -0.25) is 4.79 Å². The number of anilines is 1. The number of amides is 1. The van der Waals surface area contributed by atoms with Crippen LogP contribution in [-0.4, -0.2) is 5.91 Å². The second-order valence-electron chi connectivity index (χ2n) is 3.10. The molecule has 1 heterocycles. The van der Waals surface area contributed by atoms with Gasteiger partial charge in [0.25, 0.3) is 5.91 Å². The van der Waals surface area contributed by atoms with Crippen molar-refractivity contribution in [2.24, 2.45) is 0 Å². The van der Waals surface area contributed by atoms with Gasteiger partial charge in [0.1, 0.15) is 0 Å². The van der Waals surface area contributed by atoms with Crippen LogP contribution in [0.5, 0.6) is 0 Å². The maximum Gasteiger partial charge on any atom is 0.256 e. The van der Waals surface area contributed by atoms with Gasteiger partial charge in [-0.25, -0.2) is 0 Å². The van der Waals surface area contributed by atoms with Crippen LogP contribution in [0.4, 0.5) is 5.69 Å². The van der Waals surface area contributed by atoms with Crippen LogP contribution in [0.1, 0.15) is 10.4 Å². The van der Waals surface area contributed by atoms with Crippen molar-refractivity contribution < 1.29 is 4.79 Å². The lowest BCUT2D eigenvalue weighted by atomic mass is 10.3. The monoisotopic (exact) mass is 363 g/mol. The van der Waals surface area contributed by atoms with Gasteiger partial charge < -0.3 is 5.32 Å². The molecule has 0 bridgehead atoms. The third kappa shape index (κ3) is 2.96. The largest absolute Gasteiger partial charge is 0.322 e. The lowest BCUT2D eigenvalue weighted by molar-refractivity contribution is 0.102. The highest BCUT2D eigenvalue weighted by Crippen LogP contribution is 2.19. The SMILES string of the molecule is O=C(Nc1ccc(Cl)cc1)c1csc(I)c1. The third-order valence-corrected chi connectivity index (χ3v) is 3.97. The van der Waals surface area contributed by atoms with Gasteiger partial charge in [-0.15, -0.1) is 11.3 Å². The highest BCUT2D eigenvalue weighted by Gasteiger charge is 2.07. The van der Waals surface area contributed by atoms with Crippen molar-refractivity contribution in [3.05, 3.63) is 49.2 Å².